The summed E-state index contributed by atoms with van der Waals surface area (Å²) >= 11 is 11.7. The average molecular weight is 494 g/mol. The molecule has 8 nitrogen and oxygen atoms in total. The molecule has 166 valence electrons. The number of rotatable bonds is 6. The number of halogens is 2. The van der Waals surface area contributed by atoms with Gasteiger partial charge in [0.2, 0.25) is 0 Å². The van der Waals surface area contributed by atoms with Gasteiger partial charge in [-0.2, -0.15) is 0 Å². The first-order chi connectivity index (χ1) is 15.2. The zero-order valence-electron chi connectivity index (χ0n) is 16.6. The Kier molecular flexibility index (Phi) is 7.24. The molecule has 3 rings (SSSR count). The number of hydrogen-bond donors (Lipinski definition) is 3. The van der Waals surface area contributed by atoms with E-state index in [1.807, 2.05) is 0 Å². The van der Waals surface area contributed by atoms with Crippen LogP contribution in [0.2, 0.25) is 10.0 Å². The molecule has 0 spiro atoms. The number of benzene rings is 3. The molecule has 2 amide bonds. The Bertz CT molecular complexity index is 1260. The van der Waals surface area contributed by atoms with Crippen LogP contribution in [0.15, 0.2) is 71.6 Å². The van der Waals surface area contributed by atoms with Crippen molar-refractivity contribution in [1.82, 2.24) is 10.9 Å². The number of anilines is 1. The van der Waals surface area contributed by atoms with E-state index in [0.717, 1.165) is 0 Å². The fourth-order valence-electron chi connectivity index (χ4n) is 2.58. The van der Waals surface area contributed by atoms with Crippen LogP contribution in [0.4, 0.5) is 5.69 Å². The van der Waals surface area contributed by atoms with E-state index in [1.165, 1.54) is 49.6 Å². The standard InChI is InChI=1S/C21H17Cl2N3O5S/c1-31-16-7-5-13(6-8-16)20(27)24-25-21(28)14-3-2-4-15(11-14)26-32(29,30)17-9-10-18(22)19(23)12-17/h2-12,26H,1H3,(H,24,27)(H,25,28). The van der Waals surface area contributed by atoms with Crippen LogP contribution in [0, 0.1) is 0 Å². The zero-order valence-corrected chi connectivity index (χ0v) is 18.9. The van der Waals surface area contributed by atoms with Crippen LogP contribution >= 0.6 is 23.2 Å². The number of hydrogen-bond acceptors (Lipinski definition) is 5. The molecule has 0 bridgehead atoms. The molecule has 32 heavy (non-hydrogen) atoms. The van der Waals surface area contributed by atoms with Gasteiger partial charge in [0.15, 0.2) is 0 Å². The number of hydrazine groups is 1. The molecule has 3 aromatic rings. The maximum absolute atomic E-state index is 12.6. The number of carbonyl (C=O) groups excluding carboxylic acids is 2. The van der Waals surface area contributed by atoms with Gasteiger partial charge < -0.3 is 4.74 Å². The molecule has 0 aromatic heterocycles. The lowest BCUT2D eigenvalue weighted by Crippen LogP contribution is -2.41. The minimum absolute atomic E-state index is 0.0893. The SMILES string of the molecule is COc1ccc(C(=O)NNC(=O)c2cccc(NS(=O)(=O)c3ccc(Cl)c(Cl)c3)c2)cc1. The lowest BCUT2D eigenvalue weighted by Gasteiger charge is -2.11. The molecular weight excluding hydrogens is 477 g/mol. The fraction of sp³-hybridized carbons (Fsp3) is 0.0476. The molecule has 11 heteroatoms. The monoisotopic (exact) mass is 493 g/mol. The first-order valence-electron chi connectivity index (χ1n) is 9.02. The molecule has 3 aromatic carbocycles. The van der Waals surface area contributed by atoms with Crippen LogP contribution < -0.4 is 20.3 Å². The van der Waals surface area contributed by atoms with Crippen LogP contribution in [0.1, 0.15) is 20.7 Å². The van der Waals surface area contributed by atoms with Gasteiger partial charge in [-0.1, -0.05) is 29.3 Å². The number of carbonyl (C=O) groups is 2. The second-order valence-corrected chi connectivity index (χ2v) is 8.90. The van der Waals surface area contributed by atoms with Crippen LogP contribution in [0.25, 0.3) is 0 Å². The minimum Gasteiger partial charge on any atom is -0.497 e. The quantitative estimate of drug-likeness (QED) is 0.451. The van der Waals surface area contributed by atoms with Crippen LogP contribution in [-0.4, -0.2) is 27.3 Å². The van der Waals surface area contributed by atoms with Gasteiger partial charge in [-0.3, -0.25) is 25.2 Å². The van der Waals surface area contributed by atoms with Crippen molar-refractivity contribution < 1.29 is 22.7 Å². The van der Waals surface area contributed by atoms with Gasteiger partial charge >= 0.3 is 0 Å². The highest BCUT2D eigenvalue weighted by atomic mass is 35.5. The summed E-state index contributed by atoms with van der Waals surface area (Å²) in [5, 5.41) is 0.316. The van der Waals surface area contributed by atoms with Crippen LogP contribution in [0.5, 0.6) is 5.75 Å². The molecule has 0 aliphatic heterocycles. The third-order valence-electron chi connectivity index (χ3n) is 4.22. The van der Waals surface area contributed by atoms with Gasteiger partial charge in [-0.05, 0) is 60.7 Å². The maximum atomic E-state index is 12.6. The number of sulfonamides is 1. The van der Waals surface area contributed by atoms with Gasteiger partial charge in [-0.15, -0.1) is 0 Å². The summed E-state index contributed by atoms with van der Waals surface area (Å²) in [6.45, 7) is 0. The highest BCUT2D eigenvalue weighted by molar-refractivity contribution is 7.92. The minimum atomic E-state index is -3.97. The van der Waals surface area contributed by atoms with Crippen molar-refractivity contribution in [2.24, 2.45) is 0 Å². The molecular formula is C21H17Cl2N3O5S. The van der Waals surface area contributed by atoms with E-state index in [9.17, 15) is 18.0 Å². The molecule has 0 atom stereocenters. The Morgan fingerprint density at radius 2 is 1.47 bits per heavy atom. The Labute approximate surface area is 194 Å². The number of nitrogens with one attached hydrogen (secondary N) is 3. The van der Waals surface area contributed by atoms with Gasteiger partial charge in [0.25, 0.3) is 21.8 Å². The third-order valence-corrected chi connectivity index (χ3v) is 6.34. The van der Waals surface area contributed by atoms with Crippen molar-refractivity contribution in [3.05, 3.63) is 87.9 Å². The Morgan fingerprint density at radius 1 is 0.812 bits per heavy atom. The topological polar surface area (TPSA) is 114 Å². The Hall–Kier alpha value is -3.27. The summed E-state index contributed by atoms with van der Waals surface area (Å²) in [6.07, 6.45) is 0. The number of ether oxygens (including phenoxy) is 1. The van der Waals surface area contributed by atoms with E-state index in [4.69, 9.17) is 27.9 Å². The van der Waals surface area contributed by atoms with E-state index in [-0.39, 0.29) is 26.2 Å². The van der Waals surface area contributed by atoms with Crippen molar-refractivity contribution in [3.63, 3.8) is 0 Å². The Morgan fingerprint density at radius 3 is 2.09 bits per heavy atom. The molecule has 0 radical (unpaired) electrons. The molecule has 0 fully saturated rings. The van der Waals surface area contributed by atoms with E-state index < -0.39 is 21.8 Å². The molecule has 0 heterocycles. The summed E-state index contributed by atoms with van der Waals surface area (Å²) in [5.41, 5.74) is 5.15. The zero-order chi connectivity index (χ0) is 23.3. The molecule has 3 N–H and O–H groups in total. The molecule has 0 aliphatic carbocycles. The summed E-state index contributed by atoms with van der Waals surface area (Å²) in [6, 6.07) is 16.0. The summed E-state index contributed by atoms with van der Waals surface area (Å²) in [7, 11) is -2.46. The van der Waals surface area contributed by atoms with Crippen molar-refractivity contribution in [2.75, 3.05) is 11.8 Å². The lowest BCUT2D eigenvalue weighted by atomic mass is 10.2. The number of amides is 2. The normalized spacial score (nSPS) is 10.8. The molecule has 0 saturated heterocycles. The fourth-order valence-corrected chi connectivity index (χ4v) is 4.02. The van der Waals surface area contributed by atoms with Crippen molar-refractivity contribution in [3.8, 4) is 5.75 Å². The van der Waals surface area contributed by atoms with E-state index in [2.05, 4.69) is 15.6 Å². The first kappa shape index (κ1) is 23.4. The van der Waals surface area contributed by atoms with E-state index in [1.54, 1.807) is 24.3 Å². The first-order valence-corrected chi connectivity index (χ1v) is 11.3. The van der Waals surface area contributed by atoms with Gasteiger partial charge in [0.1, 0.15) is 5.75 Å². The highest BCUT2D eigenvalue weighted by Gasteiger charge is 2.17. The predicted molar refractivity (Wildman–Crippen MR) is 122 cm³/mol. The molecule has 0 aliphatic rings. The predicted octanol–water partition coefficient (Wildman–Crippen LogP) is 3.88. The van der Waals surface area contributed by atoms with Crippen molar-refractivity contribution in [2.45, 2.75) is 4.90 Å². The Balaban J connectivity index is 1.67. The largest absolute Gasteiger partial charge is 0.497 e. The maximum Gasteiger partial charge on any atom is 0.269 e. The third kappa shape index (κ3) is 5.70. The second kappa shape index (κ2) is 9.90. The van der Waals surface area contributed by atoms with Crippen molar-refractivity contribution >= 4 is 50.7 Å². The second-order valence-electron chi connectivity index (χ2n) is 6.40. The van der Waals surface area contributed by atoms with Gasteiger partial charge in [0, 0.05) is 16.8 Å². The summed E-state index contributed by atoms with van der Waals surface area (Å²) < 4.78 is 32.6. The van der Waals surface area contributed by atoms with Crippen molar-refractivity contribution in [1.29, 1.82) is 0 Å². The molecule has 0 saturated carbocycles. The summed E-state index contributed by atoms with van der Waals surface area (Å²) in [5.74, 6) is -0.578. The van der Waals surface area contributed by atoms with E-state index in [0.29, 0.717) is 11.3 Å². The lowest BCUT2D eigenvalue weighted by molar-refractivity contribution is 0.0846. The van der Waals surface area contributed by atoms with Crippen LogP contribution in [-0.2, 0) is 10.0 Å². The van der Waals surface area contributed by atoms with Gasteiger partial charge in [-0.25, -0.2) is 8.42 Å². The summed E-state index contributed by atoms with van der Waals surface area (Å²) in [4.78, 5) is 24.5. The number of methoxy groups -OCH3 is 1. The van der Waals surface area contributed by atoms with Crippen LogP contribution in [0.3, 0.4) is 0 Å². The van der Waals surface area contributed by atoms with E-state index >= 15 is 0 Å². The molecule has 0 unspecified atom stereocenters. The highest BCUT2D eigenvalue weighted by Crippen LogP contribution is 2.26. The van der Waals surface area contributed by atoms with Gasteiger partial charge in [0.05, 0.1) is 22.1 Å². The average Bonchev–Trinajstić information content (AvgIpc) is 2.78. The smallest absolute Gasteiger partial charge is 0.269 e.